The summed E-state index contributed by atoms with van der Waals surface area (Å²) in [6.45, 7) is 7.22. The molecule has 1 aliphatic rings. The molecule has 84 valence electrons. The Bertz CT molecular complexity index is 373. The average molecular weight is 273 g/mol. The Labute approximate surface area is 98.6 Å². The summed E-state index contributed by atoms with van der Waals surface area (Å²) in [5.74, 6) is 0.371. The summed E-state index contributed by atoms with van der Waals surface area (Å²) in [5.41, 5.74) is 1.20. The molecule has 0 saturated heterocycles. The smallest absolute Gasteiger partial charge is 0.100 e. The number of aryl methyl sites for hydroxylation is 1. The van der Waals surface area contributed by atoms with Gasteiger partial charge in [0.25, 0.3) is 0 Å². The van der Waals surface area contributed by atoms with E-state index in [9.17, 15) is 5.11 Å². The zero-order valence-electron chi connectivity index (χ0n) is 9.37. The molecule has 2 atom stereocenters. The molecule has 2 rings (SSSR count). The summed E-state index contributed by atoms with van der Waals surface area (Å²) < 4.78 is 2.78. The van der Waals surface area contributed by atoms with Gasteiger partial charge in [-0.1, -0.05) is 13.8 Å². The van der Waals surface area contributed by atoms with E-state index >= 15 is 0 Å². The third kappa shape index (κ3) is 1.85. The Morgan fingerprint density at radius 2 is 2.33 bits per heavy atom. The van der Waals surface area contributed by atoms with Gasteiger partial charge in [-0.3, -0.25) is 4.68 Å². The van der Waals surface area contributed by atoms with Gasteiger partial charge in [-0.2, -0.15) is 5.10 Å². The SMILES string of the molecule is CCn1ncc(Br)c1C(O)C1CC1(C)C. The van der Waals surface area contributed by atoms with Crippen LogP contribution < -0.4 is 0 Å². The van der Waals surface area contributed by atoms with Crippen LogP contribution in [0.25, 0.3) is 0 Å². The quantitative estimate of drug-likeness (QED) is 0.919. The third-order valence-electron chi connectivity index (χ3n) is 3.38. The van der Waals surface area contributed by atoms with Crippen molar-refractivity contribution in [3.05, 3.63) is 16.4 Å². The number of hydrogen-bond acceptors (Lipinski definition) is 2. The summed E-state index contributed by atoms with van der Waals surface area (Å²) in [6, 6.07) is 0. The van der Waals surface area contributed by atoms with E-state index in [1.54, 1.807) is 6.20 Å². The molecule has 1 aromatic rings. The van der Waals surface area contributed by atoms with Crippen molar-refractivity contribution in [2.24, 2.45) is 11.3 Å². The Balaban J connectivity index is 2.25. The summed E-state index contributed by atoms with van der Waals surface area (Å²) in [5, 5.41) is 14.5. The molecule has 1 saturated carbocycles. The van der Waals surface area contributed by atoms with Crippen molar-refractivity contribution in [1.29, 1.82) is 0 Å². The van der Waals surface area contributed by atoms with Gasteiger partial charge in [0.1, 0.15) is 6.10 Å². The monoisotopic (exact) mass is 272 g/mol. The molecule has 0 amide bonds. The van der Waals surface area contributed by atoms with Crippen molar-refractivity contribution in [2.75, 3.05) is 0 Å². The maximum absolute atomic E-state index is 10.3. The van der Waals surface area contributed by atoms with Crippen LogP contribution in [0, 0.1) is 11.3 Å². The molecule has 0 bridgehead atoms. The first-order valence-corrected chi connectivity index (χ1v) is 6.16. The predicted octanol–water partition coefficient (Wildman–Crippen LogP) is 2.75. The summed E-state index contributed by atoms with van der Waals surface area (Å²) in [4.78, 5) is 0. The fourth-order valence-electron chi connectivity index (χ4n) is 2.16. The molecule has 3 nitrogen and oxygen atoms in total. The zero-order valence-corrected chi connectivity index (χ0v) is 11.0. The van der Waals surface area contributed by atoms with E-state index in [4.69, 9.17) is 0 Å². The molecule has 1 N–H and O–H groups in total. The highest BCUT2D eigenvalue weighted by Gasteiger charge is 2.51. The highest BCUT2D eigenvalue weighted by molar-refractivity contribution is 9.10. The van der Waals surface area contributed by atoms with Crippen LogP contribution in [0.1, 0.15) is 39.0 Å². The van der Waals surface area contributed by atoms with Crippen molar-refractivity contribution >= 4 is 15.9 Å². The molecular weight excluding hydrogens is 256 g/mol. The van der Waals surface area contributed by atoms with Gasteiger partial charge in [-0.15, -0.1) is 0 Å². The molecule has 1 aromatic heterocycles. The van der Waals surface area contributed by atoms with Crippen LogP contribution in [-0.2, 0) is 6.54 Å². The second-order valence-electron chi connectivity index (χ2n) is 4.94. The van der Waals surface area contributed by atoms with Gasteiger partial charge in [0.05, 0.1) is 16.4 Å². The minimum Gasteiger partial charge on any atom is -0.386 e. The van der Waals surface area contributed by atoms with Crippen LogP contribution >= 0.6 is 15.9 Å². The molecular formula is C11H17BrN2O. The van der Waals surface area contributed by atoms with Gasteiger partial charge < -0.3 is 5.11 Å². The number of rotatable bonds is 3. The van der Waals surface area contributed by atoms with Crippen LogP contribution in [0.5, 0.6) is 0 Å². The normalized spacial score (nSPS) is 25.3. The first kappa shape index (κ1) is 11.1. The lowest BCUT2D eigenvalue weighted by atomic mass is 10.0. The molecule has 0 aliphatic heterocycles. The van der Waals surface area contributed by atoms with Gasteiger partial charge in [-0.25, -0.2) is 0 Å². The van der Waals surface area contributed by atoms with Crippen LogP contribution in [0.2, 0.25) is 0 Å². The number of nitrogens with zero attached hydrogens (tertiary/aromatic N) is 2. The van der Waals surface area contributed by atoms with Crippen molar-refractivity contribution < 1.29 is 5.11 Å². The largest absolute Gasteiger partial charge is 0.386 e. The average Bonchev–Trinajstić information content (AvgIpc) is 2.65. The van der Waals surface area contributed by atoms with Crippen molar-refractivity contribution in [2.45, 2.75) is 39.8 Å². The van der Waals surface area contributed by atoms with Crippen LogP contribution in [0.3, 0.4) is 0 Å². The zero-order chi connectivity index (χ0) is 11.2. The number of aliphatic hydroxyl groups excluding tert-OH is 1. The number of aromatic nitrogens is 2. The van der Waals surface area contributed by atoms with E-state index < -0.39 is 6.10 Å². The lowest BCUT2D eigenvalue weighted by Crippen LogP contribution is -2.12. The van der Waals surface area contributed by atoms with E-state index in [2.05, 4.69) is 34.9 Å². The van der Waals surface area contributed by atoms with Crippen LogP contribution in [0.15, 0.2) is 10.7 Å². The molecule has 1 heterocycles. The fourth-order valence-corrected chi connectivity index (χ4v) is 2.69. The fraction of sp³-hybridized carbons (Fsp3) is 0.727. The first-order chi connectivity index (χ1) is 6.97. The van der Waals surface area contributed by atoms with E-state index in [1.165, 1.54) is 0 Å². The van der Waals surface area contributed by atoms with Crippen molar-refractivity contribution in [3.63, 3.8) is 0 Å². The summed E-state index contributed by atoms with van der Waals surface area (Å²) in [6.07, 6.45) is 2.46. The molecule has 0 radical (unpaired) electrons. The molecule has 0 aromatic carbocycles. The van der Waals surface area contributed by atoms with Gasteiger partial charge in [0.2, 0.25) is 0 Å². The van der Waals surface area contributed by atoms with E-state index in [0.29, 0.717) is 5.92 Å². The Morgan fingerprint density at radius 3 is 2.80 bits per heavy atom. The lowest BCUT2D eigenvalue weighted by Gasteiger charge is -2.14. The molecule has 0 spiro atoms. The third-order valence-corrected chi connectivity index (χ3v) is 3.99. The van der Waals surface area contributed by atoms with Crippen molar-refractivity contribution in [3.8, 4) is 0 Å². The first-order valence-electron chi connectivity index (χ1n) is 5.36. The maximum Gasteiger partial charge on any atom is 0.100 e. The maximum atomic E-state index is 10.3. The Hall–Kier alpha value is -0.350. The van der Waals surface area contributed by atoms with Crippen LogP contribution in [0.4, 0.5) is 0 Å². The van der Waals surface area contributed by atoms with Crippen LogP contribution in [-0.4, -0.2) is 14.9 Å². The van der Waals surface area contributed by atoms with Crippen molar-refractivity contribution in [1.82, 2.24) is 9.78 Å². The standard InChI is InChI=1S/C11H17BrN2O/c1-4-14-9(8(12)6-13-14)10(15)7-5-11(7,2)3/h6-7,10,15H,4-5H2,1-3H3. The predicted molar refractivity (Wildman–Crippen MR) is 62.4 cm³/mol. The molecule has 1 fully saturated rings. The lowest BCUT2D eigenvalue weighted by molar-refractivity contribution is 0.127. The number of halogens is 1. The van der Waals surface area contributed by atoms with E-state index in [-0.39, 0.29) is 5.41 Å². The highest BCUT2D eigenvalue weighted by Crippen LogP contribution is 2.58. The topological polar surface area (TPSA) is 38.0 Å². The van der Waals surface area contributed by atoms with Gasteiger partial charge in [-0.05, 0) is 40.6 Å². The molecule has 2 unspecified atom stereocenters. The van der Waals surface area contributed by atoms with Gasteiger partial charge in [0.15, 0.2) is 0 Å². The molecule has 1 aliphatic carbocycles. The highest BCUT2D eigenvalue weighted by atomic mass is 79.9. The second-order valence-corrected chi connectivity index (χ2v) is 5.79. The molecule has 15 heavy (non-hydrogen) atoms. The Morgan fingerprint density at radius 1 is 1.73 bits per heavy atom. The van der Waals surface area contributed by atoms with E-state index in [0.717, 1.165) is 23.1 Å². The van der Waals surface area contributed by atoms with E-state index in [1.807, 2.05) is 11.6 Å². The second kappa shape index (κ2) is 3.59. The summed E-state index contributed by atoms with van der Waals surface area (Å²) >= 11 is 3.45. The molecule has 4 heteroatoms. The summed E-state index contributed by atoms with van der Waals surface area (Å²) in [7, 11) is 0. The minimum absolute atomic E-state index is 0.279. The van der Waals surface area contributed by atoms with Gasteiger partial charge in [0, 0.05) is 6.54 Å². The number of hydrogen-bond donors (Lipinski definition) is 1. The minimum atomic E-state index is -0.392. The Kier molecular flexibility index (Phi) is 2.67. The number of aliphatic hydroxyl groups is 1. The van der Waals surface area contributed by atoms with Gasteiger partial charge >= 0.3 is 0 Å².